The van der Waals surface area contributed by atoms with Crippen LogP contribution in [0.25, 0.3) is 21.9 Å². The minimum atomic E-state index is 0.165. The van der Waals surface area contributed by atoms with Crippen LogP contribution in [0.5, 0.6) is 0 Å². The lowest BCUT2D eigenvalue weighted by molar-refractivity contribution is -0.107. The van der Waals surface area contributed by atoms with Crippen molar-refractivity contribution < 1.29 is 9.21 Å². The van der Waals surface area contributed by atoms with Gasteiger partial charge in [-0.25, -0.2) is 0 Å². The maximum absolute atomic E-state index is 11.2. The molecule has 34 heavy (non-hydrogen) atoms. The molecular weight excluding hydrogens is 442 g/mol. The summed E-state index contributed by atoms with van der Waals surface area (Å²) >= 11 is 1.59. The second kappa shape index (κ2) is 16.1. The second-order valence-corrected chi connectivity index (χ2v) is 8.21. The molecule has 0 aliphatic heterocycles. The van der Waals surface area contributed by atoms with E-state index in [4.69, 9.17) is 4.42 Å². The number of para-hydroxylation sites is 1. The van der Waals surface area contributed by atoms with Crippen molar-refractivity contribution in [3.8, 4) is 0 Å². The Bertz CT molecular complexity index is 1060. The Morgan fingerprint density at radius 2 is 1.82 bits per heavy atom. The van der Waals surface area contributed by atoms with Crippen molar-refractivity contribution in [1.82, 2.24) is 9.62 Å². The molecular formula is C28H41N3O2S. The highest BCUT2D eigenvalue weighted by atomic mass is 32.2. The van der Waals surface area contributed by atoms with E-state index in [1.807, 2.05) is 42.4 Å². The topological polar surface area (TPSA) is 71.5 Å². The van der Waals surface area contributed by atoms with Crippen molar-refractivity contribution in [2.75, 3.05) is 19.5 Å². The molecule has 5 nitrogen and oxygen atoms in total. The van der Waals surface area contributed by atoms with Crippen LogP contribution in [0.3, 0.4) is 0 Å². The summed E-state index contributed by atoms with van der Waals surface area (Å²) in [6, 6.07) is 14.6. The Balaban J connectivity index is 0.00000137. The fourth-order valence-electron chi connectivity index (χ4n) is 3.55. The van der Waals surface area contributed by atoms with Crippen LogP contribution in [0.1, 0.15) is 59.1 Å². The number of furan rings is 1. The van der Waals surface area contributed by atoms with Gasteiger partial charge in [0, 0.05) is 22.5 Å². The molecule has 3 aromatic rings. The molecule has 3 rings (SSSR count). The first kappa shape index (κ1) is 29.5. The summed E-state index contributed by atoms with van der Waals surface area (Å²) in [5, 5.41) is 5.83. The van der Waals surface area contributed by atoms with E-state index in [2.05, 4.69) is 62.7 Å². The highest BCUT2D eigenvalue weighted by molar-refractivity contribution is 7.97. The summed E-state index contributed by atoms with van der Waals surface area (Å²) in [6.45, 7) is 14.9. The Hall–Kier alpha value is -2.54. The quantitative estimate of drug-likeness (QED) is 0.130. The van der Waals surface area contributed by atoms with Gasteiger partial charge in [-0.3, -0.25) is 5.32 Å². The van der Waals surface area contributed by atoms with Crippen LogP contribution in [-0.2, 0) is 4.79 Å². The normalized spacial score (nSPS) is 11.8. The first-order valence-electron chi connectivity index (χ1n) is 12.0. The molecule has 0 aliphatic rings. The molecule has 0 radical (unpaired) electrons. The van der Waals surface area contributed by atoms with E-state index in [1.54, 1.807) is 11.9 Å². The minimum Gasteiger partial charge on any atom is -0.456 e. The monoisotopic (exact) mass is 483 g/mol. The number of carbonyl (C=O) groups excluding carboxylic acids is 1. The average Bonchev–Trinajstić information content (AvgIpc) is 3.26. The molecule has 0 fully saturated rings. The van der Waals surface area contributed by atoms with E-state index in [0.29, 0.717) is 12.4 Å². The highest BCUT2D eigenvalue weighted by Gasteiger charge is 2.14. The Kier molecular flexibility index (Phi) is 14.0. The van der Waals surface area contributed by atoms with Crippen molar-refractivity contribution >= 4 is 40.2 Å². The molecule has 1 aromatic heterocycles. The average molecular weight is 484 g/mol. The maximum atomic E-state index is 11.2. The molecule has 0 saturated carbocycles. The Morgan fingerprint density at radius 1 is 1.15 bits per heavy atom. The molecule has 0 saturated heterocycles. The standard InChI is InChI=1S/C25H30N2O2S.C2H6.CH5N/c1-5-9-20(6-2)19(4)27(14-15-28)30-17-26-18(3)21-12-13-25-23(16-21)22-10-7-8-11-24(22)29-25;2*1-2/h7-13,15-16,18,26H,4-6,14,17H2,1-3H3;1-2H3;2H2,1H3/b20-9+;;. The molecule has 2 aromatic carbocycles. The number of nitrogens with two attached hydrogens (primary N) is 1. The third kappa shape index (κ3) is 7.76. The van der Waals surface area contributed by atoms with E-state index in [-0.39, 0.29) is 6.04 Å². The predicted molar refractivity (Wildman–Crippen MR) is 150 cm³/mol. The van der Waals surface area contributed by atoms with Crippen molar-refractivity contribution in [3.05, 3.63) is 72.0 Å². The van der Waals surface area contributed by atoms with E-state index >= 15 is 0 Å². The van der Waals surface area contributed by atoms with E-state index < -0.39 is 0 Å². The molecule has 0 aliphatic carbocycles. The van der Waals surface area contributed by atoms with Gasteiger partial charge in [-0.15, -0.1) is 0 Å². The second-order valence-electron chi connectivity index (χ2n) is 7.22. The van der Waals surface area contributed by atoms with Crippen LogP contribution in [0.15, 0.2) is 70.8 Å². The van der Waals surface area contributed by atoms with Crippen LogP contribution in [-0.4, -0.2) is 30.1 Å². The Morgan fingerprint density at radius 3 is 2.47 bits per heavy atom. The van der Waals surface area contributed by atoms with Gasteiger partial charge in [0.05, 0.1) is 12.4 Å². The summed E-state index contributed by atoms with van der Waals surface area (Å²) in [5.41, 5.74) is 9.63. The van der Waals surface area contributed by atoms with Gasteiger partial charge in [0.1, 0.15) is 17.5 Å². The molecule has 186 valence electrons. The zero-order valence-electron chi connectivity index (χ0n) is 21.6. The summed E-state index contributed by atoms with van der Waals surface area (Å²) in [5.74, 6) is 0.682. The zero-order valence-corrected chi connectivity index (χ0v) is 22.4. The number of fused-ring (bicyclic) bond motifs is 3. The van der Waals surface area contributed by atoms with Crippen molar-refractivity contribution in [3.63, 3.8) is 0 Å². The molecule has 6 heteroatoms. The summed E-state index contributed by atoms with van der Waals surface area (Å²) < 4.78 is 7.90. The summed E-state index contributed by atoms with van der Waals surface area (Å²) in [7, 11) is 1.50. The van der Waals surface area contributed by atoms with Gasteiger partial charge >= 0.3 is 0 Å². The van der Waals surface area contributed by atoms with Gasteiger partial charge in [-0.2, -0.15) is 0 Å². The van der Waals surface area contributed by atoms with Gasteiger partial charge in [0.2, 0.25) is 0 Å². The molecule has 0 spiro atoms. The van der Waals surface area contributed by atoms with Gasteiger partial charge in [0.15, 0.2) is 0 Å². The fourth-order valence-corrected chi connectivity index (χ4v) is 4.47. The molecule has 0 amide bonds. The SMILES string of the molecule is C=C(/C(=C/CC)CC)N(CC=O)SCNC(C)c1ccc2oc3ccccc3c2c1.CC.CN. The summed E-state index contributed by atoms with van der Waals surface area (Å²) in [6.07, 6.45) is 4.98. The van der Waals surface area contributed by atoms with Crippen LogP contribution in [0.4, 0.5) is 0 Å². The van der Waals surface area contributed by atoms with Gasteiger partial charge in [-0.05, 0) is 68.1 Å². The number of aldehydes is 1. The number of benzene rings is 2. The van der Waals surface area contributed by atoms with Crippen molar-refractivity contribution in [1.29, 1.82) is 0 Å². The van der Waals surface area contributed by atoms with Gasteiger partial charge < -0.3 is 19.3 Å². The van der Waals surface area contributed by atoms with Crippen molar-refractivity contribution in [2.45, 2.75) is 53.5 Å². The van der Waals surface area contributed by atoms with Crippen molar-refractivity contribution in [2.24, 2.45) is 5.73 Å². The molecule has 1 atom stereocenters. The third-order valence-electron chi connectivity index (χ3n) is 5.25. The zero-order chi connectivity index (χ0) is 25.5. The van der Waals surface area contributed by atoms with Gasteiger partial charge in [0.25, 0.3) is 0 Å². The van der Waals surface area contributed by atoms with Crippen LogP contribution >= 0.6 is 11.9 Å². The lowest BCUT2D eigenvalue weighted by atomic mass is 10.0. The summed E-state index contributed by atoms with van der Waals surface area (Å²) in [4.78, 5) is 11.2. The number of carbonyl (C=O) groups is 1. The first-order valence-corrected chi connectivity index (χ1v) is 13.0. The third-order valence-corrected chi connectivity index (χ3v) is 6.23. The van der Waals surface area contributed by atoms with E-state index in [0.717, 1.165) is 46.8 Å². The molecule has 3 N–H and O–H groups in total. The number of rotatable bonds is 11. The van der Waals surface area contributed by atoms with Crippen LogP contribution in [0.2, 0.25) is 0 Å². The van der Waals surface area contributed by atoms with Crippen LogP contribution < -0.4 is 11.1 Å². The van der Waals surface area contributed by atoms with Gasteiger partial charge in [-0.1, -0.05) is 64.6 Å². The van der Waals surface area contributed by atoms with E-state index in [9.17, 15) is 4.79 Å². The van der Waals surface area contributed by atoms with Crippen LogP contribution in [0, 0.1) is 0 Å². The maximum Gasteiger partial charge on any atom is 0.140 e. The number of hydrogen-bond donors (Lipinski definition) is 2. The number of hydrogen-bond acceptors (Lipinski definition) is 6. The first-order chi connectivity index (χ1) is 16.6. The highest BCUT2D eigenvalue weighted by Crippen LogP contribution is 2.31. The lowest BCUT2D eigenvalue weighted by Crippen LogP contribution is -2.24. The fraction of sp³-hybridized carbons (Fsp3) is 0.393. The van der Waals surface area contributed by atoms with E-state index in [1.165, 1.54) is 18.2 Å². The molecule has 0 bridgehead atoms. The largest absolute Gasteiger partial charge is 0.456 e. The number of allylic oxidation sites excluding steroid dienone is 2. The minimum absolute atomic E-state index is 0.165. The number of nitrogens with one attached hydrogen (secondary N) is 1. The Labute approximate surface area is 209 Å². The molecule has 1 unspecified atom stereocenters. The molecule has 1 heterocycles. The predicted octanol–water partition coefficient (Wildman–Crippen LogP) is 7.20. The lowest BCUT2D eigenvalue weighted by Gasteiger charge is -2.26. The number of nitrogens with zero attached hydrogens (tertiary/aromatic N) is 1. The smallest absolute Gasteiger partial charge is 0.140 e.